The number of rotatable bonds is 18. The minimum Gasteiger partial charge on any atom is -0.385 e. The lowest BCUT2D eigenvalue weighted by Gasteiger charge is -2.22. The second kappa shape index (κ2) is 16.6. The van der Waals surface area contributed by atoms with Crippen molar-refractivity contribution in [3.05, 3.63) is 58.1 Å². The van der Waals surface area contributed by atoms with Gasteiger partial charge < -0.3 is 20.3 Å². The van der Waals surface area contributed by atoms with E-state index in [1.807, 2.05) is 31.2 Å². The van der Waals surface area contributed by atoms with Crippen molar-refractivity contribution in [2.75, 3.05) is 24.7 Å². The predicted octanol–water partition coefficient (Wildman–Crippen LogP) is 7.02. The lowest BCUT2D eigenvalue weighted by molar-refractivity contribution is -0.121. The molecule has 8 heteroatoms. The summed E-state index contributed by atoms with van der Waals surface area (Å²) in [4.78, 5) is 39.0. The van der Waals surface area contributed by atoms with Crippen molar-refractivity contribution in [2.24, 2.45) is 0 Å². The molecule has 0 bridgehead atoms. The molecule has 6 nitrogen and oxygen atoms in total. The molecule has 0 aliphatic carbocycles. The molecule has 2 aromatic rings. The maximum Gasteiger partial charge on any atom is 0.255 e. The Morgan fingerprint density at radius 1 is 1.08 bits per heavy atom. The topological polar surface area (TPSA) is 78.5 Å². The number of fused-ring (bicyclic) bond motifs is 1. The van der Waals surface area contributed by atoms with Gasteiger partial charge in [-0.15, -0.1) is 11.8 Å². The van der Waals surface area contributed by atoms with Gasteiger partial charge in [0.2, 0.25) is 5.91 Å². The summed E-state index contributed by atoms with van der Waals surface area (Å²) in [5, 5.41) is 6.83. The number of aldehydes is 1. The fraction of sp³-hybridized carbons (Fsp3) is 0.516. The fourth-order valence-electron chi connectivity index (χ4n) is 4.84. The number of unbranched alkanes of at least 4 members (excludes halogenated alkanes) is 7. The minimum absolute atomic E-state index is 0.114. The number of carbonyl (C=O) groups excluding carboxylic acids is 3. The van der Waals surface area contributed by atoms with E-state index in [0.717, 1.165) is 51.7 Å². The van der Waals surface area contributed by atoms with Crippen LogP contribution in [-0.4, -0.2) is 48.4 Å². The summed E-state index contributed by atoms with van der Waals surface area (Å²) >= 11 is 7.98. The van der Waals surface area contributed by atoms with E-state index in [4.69, 9.17) is 11.6 Å². The smallest absolute Gasteiger partial charge is 0.255 e. The minimum atomic E-state index is -0.580. The van der Waals surface area contributed by atoms with Crippen LogP contribution in [0.25, 0.3) is 0 Å². The quantitative estimate of drug-likeness (QED) is 0.114. The van der Waals surface area contributed by atoms with E-state index in [2.05, 4.69) is 22.8 Å². The first-order valence-electron chi connectivity index (χ1n) is 14.2. The van der Waals surface area contributed by atoms with E-state index in [-0.39, 0.29) is 18.2 Å². The number of aryl methyl sites for hydroxylation is 1. The van der Waals surface area contributed by atoms with Gasteiger partial charge >= 0.3 is 0 Å². The van der Waals surface area contributed by atoms with Crippen LogP contribution >= 0.6 is 23.4 Å². The Morgan fingerprint density at radius 2 is 1.79 bits per heavy atom. The molecule has 1 atom stereocenters. The van der Waals surface area contributed by atoms with Crippen molar-refractivity contribution in [1.29, 1.82) is 0 Å². The van der Waals surface area contributed by atoms with Crippen LogP contribution in [0, 0.1) is 6.92 Å². The zero-order valence-electron chi connectivity index (χ0n) is 23.3. The Balaban J connectivity index is 1.27. The molecule has 2 aromatic carbocycles. The van der Waals surface area contributed by atoms with Crippen LogP contribution in [0.15, 0.2) is 41.3 Å². The Labute approximate surface area is 242 Å². The number of nitrogens with zero attached hydrogens (tertiary/aromatic N) is 1. The van der Waals surface area contributed by atoms with Crippen LogP contribution < -0.4 is 10.6 Å². The van der Waals surface area contributed by atoms with E-state index in [9.17, 15) is 14.4 Å². The molecule has 0 radical (unpaired) electrons. The van der Waals surface area contributed by atoms with E-state index in [0.29, 0.717) is 18.5 Å². The number of anilines is 1. The Hall–Kier alpha value is -2.51. The molecule has 0 spiro atoms. The van der Waals surface area contributed by atoms with Gasteiger partial charge in [-0.1, -0.05) is 62.3 Å². The van der Waals surface area contributed by atoms with Crippen molar-refractivity contribution >= 4 is 47.2 Å². The zero-order chi connectivity index (χ0) is 28.0. The molecule has 2 N–H and O–H groups in total. The highest BCUT2D eigenvalue weighted by molar-refractivity contribution is 7.99. The Bertz CT molecular complexity index is 1110. The number of nitrogens with one attached hydrogen (secondary N) is 2. The summed E-state index contributed by atoms with van der Waals surface area (Å²) in [7, 11) is 1.57. The average Bonchev–Trinajstić information content (AvgIpc) is 3.28. The van der Waals surface area contributed by atoms with Crippen LogP contribution in [0.5, 0.6) is 0 Å². The number of benzene rings is 2. The van der Waals surface area contributed by atoms with Crippen molar-refractivity contribution in [2.45, 2.75) is 88.6 Å². The molecule has 0 saturated carbocycles. The van der Waals surface area contributed by atoms with Crippen molar-refractivity contribution in [3.63, 3.8) is 0 Å². The molecule has 39 heavy (non-hydrogen) atoms. The van der Waals surface area contributed by atoms with E-state index >= 15 is 0 Å². The first kappa shape index (κ1) is 31.0. The molecular weight excluding hydrogens is 530 g/mol. The molecule has 1 aliphatic rings. The second-order valence-corrected chi connectivity index (χ2v) is 11.7. The van der Waals surface area contributed by atoms with E-state index in [1.54, 1.807) is 23.7 Å². The maximum atomic E-state index is 13.0. The van der Waals surface area contributed by atoms with Gasteiger partial charge in [0.25, 0.3) is 5.91 Å². The fourth-order valence-corrected chi connectivity index (χ4v) is 6.11. The number of hydrogen-bond donors (Lipinski definition) is 2. The van der Waals surface area contributed by atoms with Crippen molar-refractivity contribution < 1.29 is 14.4 Å². The molecule has 0 saturated heterocycles. The standard InChI is InChI=1S/C31H42ClN3O3S/c1-23-14-15-24(20-28(23)32)34-18-9-7-5-3-4-6-8-10-19-39-29-13-11-12-26-27(29)21-35(31(26)38)25(22-36)16-17-30(37)33-2/h11-15,20,22,25,34H,3-10,16-19,21H2,1-2H3,(H,33,37). The van der Waals surface area contributed by atoms with Crippen LogP contribution in [0.2, 0.25) is 5.02 Å². The zero-order valence-corrected chi connectivity index (χ0v) is 24.8. The molecule has 0 fully saturated rings. The first-order valence-corrected chi connectivity index (χ1v) is 15.5. The first-order chi connectivity index (χ1) is 18.9. The van der Waals surface area contributed by atoms with Gasteiger partial charge in [0.05, 0.1) is 6.04 Å². The predicted molar refractivity (Wildman–Crippen MR) is 162 cm³/mol. The Morgan fingerprint density at radius 3 is 2.49 bits per heavy atom. The lowest BCUT2D eigenvalue weighted by atomic mass is 10.1. The SMILES string of the molecule is CNC(=O)CCC(C=O)N1Cc2c(SCCCCCCCCCCNc3ccc(C)c(Cl)c3)cccc2C1=O. The van der Waals surface area contributed by atoms with Gasteiger partial charge in [-0.2, -0.15) is 0 Å². The van der Waals surface area contributed by atoms with Gasteiger partial charge in [0, 0.05) is 47.7 Å². The molecular formula is C31H42ClN3O3S. The summed E-state index contributed by atoms with van der Waals surface area (Å²) in [6.45, 7) is 3.43. The molecule has 1 unspecified atom stereocenters. The number of hydrogen-bond acceptors (Lipinski definition) is 5. The summed E-state index contributed by atoms with van der Waals surface area (Å²) in [5.74, 6) is 0.781. The van der Waals surface area contributed by atoms with E-state index in [1.165, 1.54) is 44.9 Å². The Kier molecular flexibility index (Phi) is 13.2. The monoisotopic (exact) mass is 571 g/mol. The summed E-state index contributed by atoms with van der Waals surface area (Å²) < 4.78 is 0. The van der Waals surface area contributed by atoms with Crippen molar-refractivity contribution in [1.82, 2.24) is 10.2 Å². The number of carbonyl (C=O) groups is 3. The van der Waals surface area contributed by atoms with Gasteiger partial charge in [0.15, 0.2) is 0 Å². The van der Waals surface area contributed by atoms with Crippen molar-refractivity contribution in [3.8, 4) is 0 Å². The molecule has 1 aliphatic heterocycles. The van der Waals surface area contributed by atoms with Gasteiger partial charge in [-0.25, -0.2) is 0 Å². The number of thioether (sulfide) groups is 1. The molecule has 2 amide bonds. The van der Waals surface area contributed by atoms with Crippen LogP contribution in [0.3, 0.4) is 0 Å². The molecule has 1 heterocycles. The molecule has 212 valence electrons. The second-order valence-electron chi connectivity index (χ2n) is 10.2. The van der Waals surface area contributed by atoms with E-state index < -0.39 is 6.04 Å². The highest BCUT2D eigenvalue weighted by Crippen LogP contribution is 2.34. The van der Waals surface area contributed by atoms with Crippen LogP contribution in [0.1, 0.15) is 85.7 Å². The maximum absolute atomic E-state index is 13.0. The van der Waals surface area contributed by atoms with Gasteiger partial charge in [-0.3, -0.25) is 9.59 Å². The normalized spacial score (nSPS) is 13.3. The van der Waals surface area contributed by atoms with Gasteiger partial charge in [-0.05, 0) is 67.3 Å². The van der Waals surface area contributed by atoms with Gasteiger partial charge in [0.1, 0.15) is 6.29 Å². The highest BCUT2D eigenvalue weighted by atomic mass is 35.5. The summed E-state index contributed by atoms with van der Waals surface area (Å²) in [6.07, 6.45) is 11.2. The summed E-state index contributed by atoms with van der Waals surface area (Å²) in [6, 6.07) is 11.4. The molecule has 0 aromatic heterocycles. The third kappa shape index (κ3) is 9.57. The summed E-state index contributed by atoms with van der Waals surface area (Å²) in [5.41, 5.74) is 3.90. The third-order valence-electron chi connectivity index (χ3n) is 7.29. The van der Waals surface area contributed by atoms with Crippen LogP contribution in [-0.2, 0) is 16.1 Å². The number of amides is 2. The highest BCUT2D eigenvalue weighted by Gasteiger charge is 2.34. The largest absolute Gasteiger partial charge is 0.385 e. The lowest BCUT2D eigenvalue weighted by Crippen LogP contribution is -2.37. The van der Waals surface area contributed by atoms with Crippen LogP contribution in [0.4, 0.5) is 5.69 Å². The molecule has 3 rings (SSSR count). The average molecular weight is 572 g/mol. The number of halogens is 1. The third-order valence-corrected chi connectivity index (χ3v) is 8.88.